The lowest BCUT2D eigenvalue weighted by Gasteiger charge is -2.40. The van der Waals surface area contributed by atoms with E-state index in [4.69, 9.17) is 5.73 Å². The second-order valence-corrected chi connectivity index (χ2v) is 7.05. The van der Waals surface area contributed by atoms with Crippen LogP contribution >= 0.6 is 0 Å². The molecule has 0 saturated heterocycles. The molecule has 0 radical (unpaired) electrons. The first kappa shape index (κ1) is 21.3. The summed E-state index contributed by atoms with van der Waals surface area (Å²) in [6.45, 7) is 7.75. The van der Waals surface area contributed by atoms with Crippen molar-refractivity contribution in [3.63, 3.8) is 0 Å². The molecule has 0 aliphatic carbocycles. The Kier molecular flexibility index (Phi) is 7.09. The first-order valence-electron chi connectivity index (χ1n) is 9.47. The lowest BCUT2D eigenvalue weighted by Crippen LogP contribution is -2.46. The fraction of sp³-hybridized carbons (Fsp3) is 0.429. The molecule has 3 rings (SSSR count). The summed E-state index contributed by atoms with van der Waals surface area (Å²) in [6.07, 6.45) is 5.02. The molecule has 3 N–H and O–H groups in total. The van der Waals surface area contributed by atoms with E-state index in [0.717, 1.165) is 29.8 Å². The number of nitrogens with two attached hydrogens (primary N) is 1. The van der Waals surface area contributed by atoms with Gasteiger partial charge in [-0.3, -0.25) is 14.6 Å². The van der Waals surface area contributed by atoms with E-state index in [1.54, 1.807) is 26.2 Å². The lowest BCUT2D eigenvalue weighted by molar-refractivity contribution is -0.117. The van der Waals surface area contributed by atoms with Gasteiger partial charge in [-0.1, -0.05) is 13.8 Å². The predicted octanol–water partition coefficient (Wildman–Crippen LogP) is 2.74. The minimum atomic E-state index is -0.0903. The van der Waals surface area contributed by atoms with Gasteiger partial charge in [-0.25, -0.2) is 4.98 Å². The van der Waals surface area contributed by atoms with Crippen molar-refractivity contribution in [3.8, 4) is 0 Å². The largest absolute Gasteiger partial charge is 0.382 e. The Labute approximate surface area is 166 Å². The Morgan fingerprint density at radius 1 is 1.29 bits per heavy atom. The number of carbonyl (C=O) groups excluding carboxylic acids is 2. The number of benzene rings is 1. The molecule has 2 amide bonds. The molecule has 0 unspecified atom stereocenters. The first-order chi connectivity index (χ1) is 13.3. The molecule has 7 heteroatoms. The molecule has 2 atom stereocenters. The predicted molar refractivity (Wildman–Crippen MR) is 111 cm³/mol. The van der Waals surface area contributed by atoms with Gasteiger partial charge in [0.1, 0.15) is 5.82 Å². The van der Waals surface area contributed by atoms with Gasteiger partial charge in [0.15, 0.2) is 0 Å². The molecular weight excluding hydrogens is 354 g/mol. The molecule has 0 bridgehead atoms. The monoisotopic (exact) mass is 383 g/mol. The highest BCUT2D eigenvalue weighted by Crippen LogP contribution is 2.35. The molecule has 0 saturated carbocycles. The van der Waals surface area contributed by atoms with E-state index >= 15 is 0 Å². The van der Waals surface area contributed by atoms with E-state index in [0.29, 0.717) is 17.3 Å². The van der Waals surface area contributed by atoms with E-state index in [-0.39, 0.29) is 17.9 Å². The molecule has 1 aliphatic heterocycles. The van der Waals surface area contributed by atoms with Crippen LogP contribution in [0, 0.1) is 12.8 Å². The van der Waals surface area contributed by atoms with Crippen molar-refractivity contribution < 1.29 is 9.59 Å². The van der Waals surface area contributed by atoms with Crippen molar-refractivity contribution in [3.05, 3.63) is 47.4 Å². The molecule has 0 spiro atoms. The topological polar surface area (TPSA) is 101 Å². The zero-order chi connectivity index (χ0) is 20.8. The zero-order valence-corrected chi connectivity index (χ0v) is 17.2. The number of nitrogens with one attached hydrogen (secondary N) is 1. The number of hydrogen-bond acceptors (Lipinski definition) is 5. The SMILES string of the molecule is CC[C@H]1[C@H](C)Cc2cc(C(=O)NC)ccc2N1C(C)=O.Cc1cnc(N)cn1. The maximum absolute atomic E-state index is 12.0. The molecule has 2 aromatic rings. The fourth-order valence-corrected chi connectivity index (χ4v) is 3.58. The molecule has 28 heavy (non-hydrogen) atoms. The third kappa shape index (κ3) is 4.85. The van der Waals surface area contributed by atoms with Crippen LogP contribution in [0.25, 0.3) is 0 Å². The number of aryl methyl sites for hydroxylation is 1. The molecular formula is C21H29N5O2. The van der Waals surface area contributed by atoms with Crippen LogP contribution in [0.3, 0.4) is 0 Å². The Bertz CT molecular complexity index is 814. The van der Waals surface area contributed by atoms with Gasteiger partial charge in [0.2, 0.25) is 5.91 Å². The van der Waals surface area contributed by atoms with Crippen LogP contribution in [0.15, 0.2) is 30.6 Å². The van der Waals surface area contributed by atoms with Crippen LogP contribution in [0.1, 0.15) is 48.8 Å². The van der Waals surface area contributed by atoms with Crippen molar-refractivity contribution >= 4 is 23.3 Å². The second-order valence-electron chi connectivity index (χ2n) is 7.05. The minimum absolute atomic E-state index is 0.0670. The number of amides is 2. The van der Waals surface area contributed by atoms with Crippen LogP contribution in [0.4, 0.5) is 11.5 Å². The van der Waals surface area contributed by atoms with Gasteiger partial charge in [0.25, 0.3) is 5.91 Å². The molecule has 0 fully saturated rings. The minimum Gasteiger partial charge on any atom is -0.382 e. The Morgan fingerprint density at radius 3 is 2.50 bits per heavy atom. The fourth-order valence-electron chi connectivity index (χ4n) is 3.58. The number of anilines is 2. The van der Waals surface area contributed by atoms with Crippen LogP contribution in [0.5, 0.6) is 0 Å². The van der Waals surface area contributed by atoms with Gasteiger partial charge >= 0.3 is 0 Å². The zero-order valence-electron chi connectivity index (χ0n) is 17.2. The van der Waals surface area contributed by atoms with Crippen molar-refractivity contribution in [2.24, 2.45) is 5.92 Å². The Hall–Kier alpha value is -2.96. The molecule has 150 valence electrons. The van der Waals surface area contributed by atoms with Gasteiger partial charge in [-0.2, -0.15) is 0 Å². The average molecular weight is 383 g/mol. The van der Waals surface area contributed by atoms with Gasteiger partial charge in [-0.05, 0) is 49.4 Å². The number of rotatable bonds is 2. The van der Waals surface area contributed by atoms with Crippen molar-refractivity contribution in [1.29, 1.82) is 0 Å². The summed E-state index contributed by atoms with van der Waals surface area (Å²) in [6, 6.07) is 5.84. The molecule has 2 heterocycles. The molecule has 1 aliphatic rings. The van der Waals surface area contributed by atoms with E-state index in [1.165, 1.54) is 6.20 Å². The third-order valence-electron chi connectivity index (χ3n) is 4.92. The standard InChI is InChI=1S/C16H22N2O2.C5H7N3/c1-5-14-10(2)8-13-9-12(16(20)17-4)6-7-15(13)18(14)11(3)19;1-4-2-8-5(6)3-7-4/h6-7,9-10,14H,5,8H2,1-4H3,(H,17,20);2-3H,1H3,(H2,6,8)/t10-,14+;/m1./s1. The highest BCUT2D eigenvalue weighted by Gasteiger charge is 2.33. The van der Waals surface area contributed by atoms with E-state index in [1.807, 2.05) is 24.0 Å². The Morgan fingerprint density at radius 2 is 2.00 bits per heavy atom. The number of nitrogen functional groups attached to an aromatic ring is 1. The second kappa shape index (κ2) is 9.30. The quantitative estimate of drug-likeness (QED) is 0.830. The summed E-state index contributed by atoms with van der Waals surface area (Å²) in [5.41, 5.74) is 8.83. The summed E-state index contributed by atoms with van der Waals surface area (Å²) in [5.74, 6) is 0.844. The average Bonchev–Trinajstić information content (AvgIpc) is 2.68. The van der Waals surface area contributed by atoms with Gasteiger partial charge in [0.05, 0.1) is 18.1 Å². The van der Waals surface area contributed by atoms with Crippen LogP contribution in [0.2, 0.25) is 0 Å². The maximum Gasteiger partial charge on any atom is 0.251 e. The van der Waals surface area contributed by atoms with Gasteiger partial charge in [0, 0.05) is 31.3 Å². The van der Waals surface area contributed by atoms with Crippen LogP contribution in [-0.4, -0.2) is 34.9 Å². The number of hydrogen-bond donors (Lipinski definition) is 2. The molecule has 1 aromatic heterocycles. The number of fused-ring (bicyclic) bond motifs is 1. The summed E-state index contributed by atoms with van der Waals surface area (Å²) in [4.78, 5) is 33.3. The molecule has 7 nitrogen and oxygen atoms in total. The summed E-state index contributed by atoms with van der Waals surface area (Å²) < 4.78 is 0. The van der Waals surface area contributed by atoms with Crippen molar-refractivity contribution in [2.75, 3.05) is 17.7 Å². The smallest absolute Gasteiger partial charge is 0.251 e. The van der Waals surface area contributed by atoms with Crippen LogP contribution in [-0.2, 0) is 11.2 Å². The molecule has 1 aromatic carbocycles. The number of carbonyl (C=O) groups is 2. The number of nitrogens with zero attached hydrogens (tertiary/aromatic N) is 3. The van der Waals surface area contributed by atoms with E-state index in [9.17, 15) is 9.59 Å². The third-order valence-corrected chi connectivity index (χ3v) is 4.92. The van der Waals surface area contributed by atoms with E-state index in [2.05, 4.69) is 29.1 Å². The van der Waals surface area contributed by atoms with Crippen molar-refractivity contribution in [2.45, 2.75) is 46.6 Å². The normalized spacial score (nSPS) is 17.8. The number of aromatic nitrogens is 2. The first-order valence-corrected chi connectivity index (χ1v) is 9.47. The van der Waals surface area contributed by atoms with Crippen LogP contribution < -0.4 is 16.0 Å². The lowest BCUT2D eigenvalue weighted by atomic mass is 9.85. The Balaban J connectivity index is 0.000000292. The summed E-state index contributed by atoms with van der Waals surface area (Å²) in [7, 11) is 1.62. The summed E-state index contributed by atoms with van der Waals surface area (Å²) >= 11 is 0. The van der Waals surface area contributed by atoms with Crippen molar-refractivity contribution in [1.82, 2.24) is 15.3 Å². The maximum atomic E-state index is 12.0. The van der Waals surface area contributed by atoms with E-state index < -0.39 is 0 Å². The highest BCUT2D eigenvalue weighted by atomic mass is 16.2. The van der Waals surface area contributed by atoms with Gasteiger partial charge < -0.3 is 16.0 Å². The van der Waals surface area contributed by atoms with Gasteiger partial charge in [-0.15, -0.1) is 0 Å². The summed E-state index contributed by atoms with van der Waals surface area (Å²) in [5, 5.41) is 2.63. The highest BCUT2D eigenvalue weighted by molar-refractivity contribution is 5.97.